The van der Waals surface area contributed by atoms with Crippen LogP contribution in [-0.2, 0) is 9.53 Å². The Balaban J connectivity index is 1.75. The van der Waals surface area contributed by atoms with Gasteiger partial charge in [0.25, 0.3) is 0 Å². The number of hydrogen-bond donors (Lipinski definition) is 1. The second-order valence-corrected chi connectivity index (χ2v) is 5.65. The number of aromatic hydroxyl groups is 1. The van der Waals surface area contributed by atoms with Crippen molar-refractivity contribution in [2.75, 3.05) is 20.3 Å². The molecule has 0 fully saturated rings. The Morgan fingerprint density at radius 2 is 1.92 bits per heavy atom. The van der Waals surface area contributed by atoms with Crippen LogP contribution in [0.25, 0.3) is 6.08 Å². The molecule has 6 heteroatoms. The molecule has 0 unspecified atom stereocenters. The van der Waals surface area contributed by atoms with Crippen LogP contribution in [0.15, 0.2) is 53.0 Å². The van der Waals surface area contributed by atoms with Gasteiger partial charge in [-0.3, -0.25) is 0 Å². The molecule has 0 aromatic heterocycles. The Labute approximate surface area is 148 Å². The molecule has 24 heavy (non-hydrogen) atoms. The average molecular weight is 393 g/mol. The molecule has 2 aromatic carbocycles. The standard InChI is InChI=1S/C18H17BrO5/c1-22-17-12-13(2-8-16(17)20)3-9-18(21)24-11-10-23-15-6-4-14(19)5-7-15/h2-9,12,20H,10-11H2,1H3/b9-3+. The molecule has 1 N–H and O–H groups in total. The van der Waals surface area contributed by atoms with E-state index in [1.165, 1.54) is 19.3 Å². The van der Waals surface area contributed by atoms with Crippen molar-refractivity contribution >= 4 is 28.0 Å². The summed E-state index contributed by atoms with van der Waals surface area (Å²) in [6.45, 7) is 0.423. The van der Waals surface area contributed by atoms with Gasteiger partial charge in [0.05, 0.1) is 7.11 Å². The van der Waals surface area contributed by atoms with Crippen LogP contribution in [0.4, 0.5) is 0 Å². The first kappa shape index (κ1) is 17.9. The van der Waals surface area contributed by atoms with E-state index in [2.05, 4.69) is 15.9 Å². The summed E-state index contributed by atoms with van der Waals surface area (Å²) in [7, 11) is 1.46. The third-order valence-corrected chi connectivity index (χ3v) is 3.55. The Hall–Kier alpha value is -2.47. The predicted octanol–water partition coefficient (Wildman–Crippen LogP) is 3.80. The lowest BCUT2D eigenvalue weighted by atomic mass is 10.2. The number of methoxy groups -OCH3 is 1. The number of carbonyl (C=O) groups excluding carboxylic acids is 1. The van der Waals surface area contributed by atoms with Crippen molar-refractivity contribution in [2.24, 2.45) is 0 Å². The highest BCUT2D eigenvalue weighted by Gasteiger charge is 2.02. The highest BCUT2D eigenvalue weighted by atomic mass is 79.9. The number of phenols is 1. The molecule has 0 radical (unpaired) electrons. The smallest absolute Gasteiger partial charge is 0.330 e. The molecule has 0 atom stereocenters. The molecular formula is C18H17BrO5. The molecular weight excluding hydrogens is 376 g/mol. The van der Waals surface area contributed by atoms with Crippen LogP contribution < -0.4 is 9.47 Å². The maximum absolute atomic E-state index is 11.6. The zero-order valence-corrected chi connectivity index (χ0v) is 14.7. The predicted molar refractivity (Wildman–Crippen MR) is 94.3 cm³/mol. The van der Waals surface area contributed by atoms with E-state index in [1.807, 2.05) is 24.3 Å². The van der Waals surface area contributed by atoms with E-state index in [9.17, 15) is 9.90 Å². The zero-order chi connectivity index (χ0) is 17.4. The second kappa shape index (κ2) is 8.98. The van der Waals surface area contributed by atoms with Crippen molar-refractivity contribution in [1.82, 2.24) is 0 Å². The van der Waals surface area contributed by atoms with E-state index in [-0.39, 0.29) is 19.0 Å². The minimum atomic E-state index is -0.471. The number of benzene rings is 2. The lowest BCUT2D eigenvalue weighted by molar-refractivity contribution is -0.138. The van der Waals surface area contributed by atoms with Crippen LogP contribution in [0.1, 0.15) is 5.56 Å². The quantitative estimate of drug-likeness (QED) is 0.441. The monoisotopic (exact) mass is 392 g/mol. The fourth-order valence-electron chi connectivity index (χ4n) is 1.84. The molecule has 0 heterocycles. The Bertz CT molecular complexity index is 710. The number of halogens is 1. The van der Waals surface area contributed by atoms with Crippen LogP contribution >= 0.6 is 15.9 Å². The Kier molecular flexibility index (Phi) is 6.69. The van der Waals surface area contributed by atoms with Gasteiger partial charge >= 0.3 is 5.97 Å². The molecule has 0 aliphatic carbocycles. The van der Waals surface area contributed by atoms with Gasteiger partial charge in [-0.2, -0.15) is 0 Å². The van der Waals surface area contributed by atoms with Crippen LogP contribution in [0.2, 0.25) is 0 Å². The molecule has 0 aliphatic heterocycles. The van der Waals surface area contributed by atoms with Gasteiger partial charge < -0.3 is 19.3 Å². The minimum absolute atomic E-state index is 0.0438. The lowest BCUT2D eigenvalue weighted by Gasteiger charge is -2.06. The lowest BCUT2D eigenvalue weighted by Crippen LogP contribution is -2.10. The third-order valence-electron chi connectivity index (χ3n) is 3.03. The van der Waals surface area contributed by atoms with Crippen molar-refractivity contribution in [3.63, 3.8) is 0 Å². The number of esters is 1. The first-order chi connectivity index (χ1) is 11.6. The molecule has 126 valence electrons. The molecule has 0 saturated heterocycles. The first-order valence-electron chi connectivity index (χ1n) is 7.18. The largest absolute Gasteiger partial charge is 0.504 e. The molecule has 0 spiro atoms. The second-order valence-electron chi connectivity index (χ2n) is 4.73. The van der Waals surface area contributed by atoms with E-state index in [0.717, 1.165) is 4.47 Å². The molecule has 2 rings (SSSR count). The maximum atomic E-state index is 11.6. The fourth-order valence-corrected chi connectivity index (χ4v) is 2.11. The fraction of sp³-hybridized carbons (Fsp3) is 0.167. The molecule has 0 amide bonds. The summed E-state index contributed by atoms with van der Waals surface area (Å²) in [6.07, 6.45) is 2.89. The van der Waals surface area contributed by atoms with Crippen molar-refractivity contribution in [3.05, 3.63) is 58.6 Å². The number of ether oxygens (including phenoxy) is 3. The molecule has 5 nitrogen and oxygen atoms in total. The van der Waals surface area contributed by atoms with E-state index >= 15 is 0 Å². The van der Waals surface area contributed by atoms with E-state index in [1.54, 1.807) is 18.2 Å². The minimum Gasteiger partial charge on any atom is -0.504 e. The number of carbonyl (C=O) groups is 1. The van der Waals surface area contributed by atoms with Crippen LogP contribution in [0, 0.1) is 0 Å². The number of phenolic OH excluding ortho intramolecular Hbond substituents is 1. The van der Waals surface area contributed by atoms with E-state index in [0.29, 0.717) is 17.1 Å². The summed E-state index contributed by atoms with van der Waals surface area (Å²) in [6, 6.07) is 12.2. The Morgan fingerprint density at radius 3 is 2.62 bits per heavy atom. The molecule has 0 aliphatic rings. The SMILES string of the molecule is COc1cc(/C=C/C(=O)OCCOc2ccc(Br)cc2)ccc1O. The van der Waals surface area contributed by atoms with Gasteiger partial charge in [-0.25, -0.2) is 4.79 Å². The van der Waals surface area contributed by atoms with Gasteiger partial charge in [-0.1, -0.05) is 22.0 Å². The maximum Gasteiger partial charge on any atom is 0.330 e. The highest BCUT2D eigenvalue weighted by molar-refractivity contribution is 9.10. The summed E-state index contributed by atoms with van der Waals surface area (Å²) in [5.41, 5.74) is 0.715. The van der Waals surface area contributed by atoms with Crippen molar-refractivity contribution in [2.45, 2.75) is 0 Å². The Morgan fingerprint density at radius 1 is 1.17 bits per heavy atom. The van der Waals surface area contributed by atoms with Gasteiger partial charge in [-0.05, 0) is 48.0 Å². The van der Waals surface area contributed by atoms with Crippen LogP contribution in [0.5, 0.6) is 17.2 Å². The molecule has 0 saturated carbocycles. The third kappa shape index (κ3) is 5.62. The van der Waals surface area contributed by atoms with Gasteiger partial charge in [0.2, 0.25) is 0 Å². The first-order valence-corrected chi connectivity index (χ1v) is 7.98. The summed E-state index contributed by atoms with van der Waals surface area (Å²) in [5.74, 6) is 0.623. The topological polar surface area (TPSA) is 65.0 Å². The van der Waals surface area contributed by atoms with Crippen molar-refractivity contribution < 1.29 is 24.1 Å². The number of hydrogen-bond acceptors (Lipinski definition) is 5. The highest BCUT2D eigenvalue weighted by Crippen LogP contribution is 2.26. The molecule has 2 aromatic rings. The van der Waals surface area contributed by atoms with Gasteiger partial charge in [-0.15, -0.1) is 0 Å². The summed E-state index contributed by atoms with van der Waals surface area (Å²) >= 11 is 3.34. The average Bonchev–Trinajstić information content (AvgIpc) is 2.59. The van der Waals surface area contributed by atoms with E-state index in [4.69, 9.17) is 14.2 Å². The normalized spacial score (nSPS) is 10.6. The zero-order valence-electron chi connectivity index (χ0n) is 13.1. The number of rotatable bonds is 7. The van der Waals surface area contributed by atoms with Gasteiger partial charge in [0, 0.05) is 10.5 Å². The molecule has 0 bridgehead atoms. The summed E-state index contributed by atoms with van der Waals surface area (Å²) in [4.78, 5) is 11.6. The van der Waals surface area contributed by atoms with Gasteiger partial charge in [0.15, 0.2) is 11.5 Å². The summed E-state index contributed by atoms with van der Waals surface area (Å²) < 4.78 is 16.5. The van der Waals surface area contributed by atoms with Crippen molar-refractivity contribution in [3.8, 4) is 17.2 Å². The van der Waals surface area contributed by atoms with Gasteiger partial charge in [0.1, 0.15) is 19.0 Å². The van der Waals surface area contributed by atoms with Crippen LogP contribution in [0.3, 0.4) is 0 Å². The van der Waals surface area contributed by atoms with Crippen LogP contribution in [-0.4, -0.2) is 31.4 Å². The van der Waals surface area contributed by atoms with Crippen molar-refractivity contribution in [1.29, 1.82) is 0 Å². The van der Waals surface area contributed by atoms with E-state index < -0.39 is 5.97 Å². The summed E-state index contributed by atoms with van der Waals surface area (Å²) in [5, 5.41) is 9.51.